The highest BCUT2D eigenvalue weighted by atomic mass is 19.1. The fourth-order valence-electron chi connectivity index (χ4n) is 3.62. The maximum absolute atomic E-state index is 14.0. The van der Waals surface area contributed by atoms with Crippen LogP contribution in [0.25, 0.3) is 0 Å². The van der Waals surface area contributed by atoms with Crippen molar-refractivity contribution in [1.82, 2.24) is 10.6 Å². The van der Waals surface area contributed by atoms with E-state index < -0.39 is 54.6 Å². The van der Waals surface area contributed by atoms with E-state index in [0.29, 0.717) is 19.4 Å². The number of carbonyl (C=O) groups is 3. The molecule has 0 radical (unpaired) electrons. The summed E-state index contributed by atoms with van der Waals surface area (Å²) in [5, 5.41) is 5.29. The third-order valence-electron chi connectivity index (χ3n) is 5.27. The summed E-state index contributed by atoms with van der Waals surface area (Å²) >= 11 is 0. The second-order valence-electron chi connectivity index (χ2n) is 8.20. The van der Waals surface area contributed by atoms with Crippen LogP contribution in [0, 0.1) is 17.6 Å². The van der Waals surface area contributed by atoms with Crippen LogP contribution in [-0.2, 0) is 23.7 Å². The third-order valence-corrected chi connectivity index (χ3v) is 5.27. The van der Waals surface area contributed by atoms with E-state index in [1.807, 2.05) is 13.8 Å². The number of benzene rings is 1. The first-order chi connectivity index (χ1) is 14.7. The zero-order valence-electron chi connectivity index (χ0n) is 17.7. The Morgan fingerprint density at radius 1 is 1.32 bits per heavy atom. The zero-order valence-corrected chi connectivity index (χ0v) is 17.7. The number of carbonyl (C=O) groups excluding carboxylic acids is 3. The molecule has 2 fully saturated rings. The number of nitrogens with zero attached hydrogens (tertiary/aromatic N) is 1. The highest BCUT2D eigenvalue weighted by Crippen LogP contribution is 2.29. The lowest BCUT2D eigenvalue weighted by molar-refractivity contribution is -0.135. The minimum Gasteiger partial charge on any atom is -0.506 e. The fraction of sp³-hybridized carbons (Fsp3) is 0.550. The Morgan fingerprint density at radius 3 is 2.61 bits per heavy atom. The molecule has 31 heavy (non-hydrogen) atoms. The molecule has 1 aromatic rings. The Kier molecular flexibility index (Phi) is 7.14. The molecule has 11 heteroatoms. The van der Waals surface area contributed by atoms with Crippen LogP contribution in [0.2, 0.25) is 0 Å². The van der Waals surface area contributed by atoms with Crippen LogP contribution in [0.4, 0.5) is 14.5 Å². The normalized spacial score (nSPS) is 21.5. The van der Waals surface area contributed by atoms with Crippen LogP contribution in [0.15, 0.2) is 18.2 Å². The van der Waals surface area contributed by atoms with Gasteiger partial charge in [0, 0.05) is 12.6 Å². The average Bonchev–Trinajstić information content (AvgIpc) is 2.99. The molecule has 0 aromatic heterocycles. The lowest BCUT2D eigenvalue weighted by Gasteiger charge is -2.41. The summed E-state index contributed by atoms with van der Waals surface area (Å²) in [6.07, 6.45) is 0.307. The van der Waals surface area contributed by atoms with Crippen LogP contribution < -0.4 is 15.5 Å². The quantitative estimate of drug-likeness (QED) is 0.593. The lowest BCUT2D eigenvalue weighted by atomic mass is 9.74. The summed E-state index contributed by atoms with van der Waals surface area (Å²) in [5.41, 5.74) is 0.142. The Bertz CT molecular complexity index is 856. The molecule has 0 bridgehead atoms. The number of halogens is 2. The number of anilines is 1. The van der Waals surface area contributed by atoms with Gasteiger partial charge in [-0.2, -0.15) is 0 Å². The van der Waals surface area contributed by atoms with Gasteiger partial charge < -0.3 is 24.8 Å². The second kappa shape index (κ2) is 9.63. The largest absolute Gasteiger partial charge is 0.552 e. The molecule has 168 valence electrons. The molecule has 2 heterocycles. The average molecular weight is 437 g/mol. The molecule has 2 amide bonds. The molecule has 3 unspecified atom stereocenters. The number of nitrogens with one attached hydrogen (secondary N) is 2. The molecular weight excluding hydrogens is 411 g/mol. The number of hydrogen-bond donors (Lipinski definition) is 2. The van der Waals surface area contributed by atoms with Gasteiger partial charge in [0.2, 0.25) is 11.8 Å². The van der Waals surface area contributed by atoms with Gasteiger partial charge in [-0.15, -0.1) is 0 Å². The van der Waals surface area contributed by atoms with E-state index in [4.69, 9.17) is 9.31 Å². The van der Waals surface area contributed by atoms with Crippen molar-refractivity contribution in [3.63, 3.8) is 0 Å². The third kappa shape index (κ3) is 5.52. The predicted molar refractivity (Wildman–Crippen MR) is 109 cm³/mol. The molecular formula is C20H26BF2N3O5. The Labute approximate surface area is 179 Å². The van der Waals surface area contributed by atoms with Crippen molar-refractivity contribution in [2.45, 2.75) is 51.7 Å². The van der Waals surface area contributed by atoms with Crippen molar-refractivity contribution in [3.8, 4) is 0 Å². The molecule has 8 nitrogen and oxygen atoms in total. The summed E-state index contributed by atoms with van der Waals surface area (Å²) in [6.45, 7) is 5.65. The van der Waals surface area contributed by atoms with Crippen LogP contribution in [0.5, 0.6) is 0 Å². The maximum atomic E-state index is 14.0. The molecule has 0 saturated carbocycles. The fourth-order valence-corrected chi connectivity index (χ4v) is 3.62. The van der Waals surface area contributed by atoms with Crippen molar-refractivity contribution < 1.29 is 32.5 Å². The van der Waals surface area contributed by atoms with Gasteiger partial charge in [0.05, 0.1) is 18.2 Å². The molecule has 2 aliphatic heterocycles. The number of rotatable bonds is 8. The second-order valence-corrected chi connectivity index (χ2v) is 8.20. The molecule has 2 N–H and O–H groups in total. The Hall–Kier alpha value is -2.69. The van der Waals surface area contributed by atoms with E-state index in [0.717, 1.165) is 12.1 Å². The topological polar surface area (TPSA) is 97.0 Å². The van der Waals surface area contributed by atoms with Crippen LogP contribution in [0.3, 0.4) is 0 Å². The van der Waals surface area contributed by atoms with Crippen molar-refractivity contribution in [1.29, 1.82) is 0 Å². The van der Waals surface area contributed by atoms with Gasteiger partial charge in [-0.05, 0) is 37.8 Å². The lowest BCUT2D eigenvalue weighted by Crippen LogP contribution is -2.58. The van der Waals surface area contributed by atoms with Gasteiger partial charge in [0.15, 0.2) is 0 Å². The summed E-state index contributed by atoms with van der Waals surface area (Å²) in [7, 11) is -0.881. The summed E-state index contributed by atoms with van der Waals surface area (Å²) in [4.78, 5) is 38.0. The molecule has 2 saturated heterocycles. The van der Waals surface area contributed by atoms with E-state index >= 15 is 0 Å². The van der Waals surface area contributed by atoms with Gasteiger partial charge in [-0.3, -0.25) is 14.4 Å². The Morgan fingerprint density at radius 2 is 2.06 bits per heavy atom. The predicted octanol–water partition coefficient (Wildman–Crippen LogP) is 1.18. The van der Waals surface area contributed by atoms with E-state index in [1.54, 1.807) is 6.92 Å². The van der Waals surface area contributed by atoms with Gasteiger partial charge in [0.25, 0.3) is 0 Å². The summed E-state index contributed by atoms with van der Waals surface area (Å²) in [5.74, 6) is -3.16. The van der Waals surface area contributed by atoms with Gasteiger partial charge >= 0.3 is 13.1 Å². The number of hydrogen-bond acceptors (Lipinski definition) is 6. The molecule has 2 aliphatic rings. The zero-order chi connectivity index (χ0) is 22.7. The van der Waals surface area contributed by atoms with Gasteiger partial charge in [-0.1, -0.05) is 13.8 Å². The van der Waals surface area contributed by atoms with Gasteiger partial charge in [-0.25, -0.2) is 8.78 Å². The van der Waals surface area contributed by atoms with E-state index in [2.05, 4.69) is 10.6 Å². The van der Waals surface area contributed by atoms with Crippen molar-refractivity contribution in [2.75, 3.05) is 18.0 Å². The highest BCUT2D eigenvalue weighted by Gasteiger charge is 2.44. The molecule has 3 rings (SSSR count). The molecule has 0 aliphatic carbocycles. The first-order valence-electron chi connectivity index (χ1n) is 10.3. The van der Waals surface area contributed by atoms with Crippen molar-refractivity contribution >= 4 is 30.6 Å². The molecule has 1 aromatic carbocycles. The van der Waals surface area contributed by atoms with E-state index in [9.17, 15) is 23.2 Å². The monoisotopic (exact) mass is 437 g/mol. The summed E-state index contributed by atoms with van der Waals surface area (Å²) in [6, 6.07) is 2.55. The van der Waals surface area contributed by atoms with E-state index in [1.165, 1.54) is 11.0 Å². The van der Waals surface area contributed by atoms with Crippen molar-refractivity contribution in [2.24, 2.45) is 5.92 Å². The highest BCUT2D eigenvalue weighted by molar-refractivity contribution is 6.51. The van der Waals surface area contributed by atoms with Crippen LogP contribution in [-0.4, -0.2) is 56.1 Å². The molecule has 0 spiro atoms. The molecule has 3 atom stereocenters. The first-order valence-corrected chi connectivity index (χ1v) is 10.3. The summed E-state index contributed by atoms with van der Waals surface area (Å²) < 4.78 is 37.8. The standard InChI is InChI=1S/C20H26BF2N3O5/c1-11(2)8-17(21-30-12(3)20(29)31-21)25-18(27)10-24-19(28)16-6-7-26(16)15-5-4-13(22)9-14(15)23/h4-5,9,11-12,16-17H,6-8,10H2,1-3H3,(H,24,28)(H,25,27). The minimum absolute atomic E-state index is 0.142. The van der Waals surface area contributed by atoms with Crippen LogP contribution >= 0.6 is 0 Å². The number of amides is 2. The van der Waals surface area contributed by atoms with Crippen molar-refractivity contribution in [3.05, 3.63) is 29.8 Å². The smallest absolute Gasteiger partial charge is 0.506 e. The Balaban J connectivity index is 1.53. The van der Waals surface area contributed by atoms with E-state index in [-0.39, 0.29) is 18.2 Å². The minimum atomic E-state index is -0.881. The van der Waals surface area contributed by atoms with Gasteiger partial charge in [0.1, 0.15) is 23.8 Å². The SMILES string of the molecule is CC(C)CC(NC(=O)CNC(=O)C1CCN1c1ccc(F)cc1F)B1OC(=O)C(C)O1. The van der Waals surface area contributed by atoms with Crippen LogP contribution in [0.1, 0.15) is 33.6 Å². The maximum Gasteiger partial charge on any atom is 0.552 e. The first kappa shape index (κ1) is 23.0.